The van der Waals surface area contributed by atoms with Crippen LogP contribution >= 0.6 is 27.3 Å². The molecular formula is C22H18BrN3O3S. The first-order valence-electron chi connectivity index (χ1n) is 9.40. The van der Waals surface area contributed by atoms with Crippen molar-refractivity contribution in [1.29, 1.82) is 0 Å². The van der Waals surface area contributed by atoms with E-state index in [0.29, 0.717) is 23.2 Å². The van der Waals surface area contributed by atoms with Gasteiger partial charge < -0.3 is 5.32 Å². The molecule has 8 heteroatoms. The van der Waals surface area contributed by atoms with E-state index in [0.717, 1.165) is 20.7 Å². The van der Waals surface area contributed by atoms with Gasteiger partial charge in [-0.25, -0.2) is 4.98 Å². The average Bonchev–Trinajstić information content (AvgIpc) is 3.25. The number of anilines is 1. The number of nitrogens with one attached hydrogen (secondary N) is 1. The molecule has 3 amide bonds. The molecule has 0 unspecified atom stereocenters. The van der Waals surface area contributed by atoms with E-state index in [2.05, 4.69) is 26.2 Å². The minimum atomic E-state index is -0.315. The van der Waals surface area contributed by atoms with Crippen molar-refractivity contribution >= 4 is 50.7 Å². The third-order valence-electron chi connectivity index (χ3n) is 4.80. The van der Waals surface area contributed by atoms with Gasteiger partial charge in [0.1, 0.15) is 0 Å². The summed E-state index contributed by atoms with van der Waals surface area (Å²) in [5, 5.41) is 5.86. The van der Waals surface area contributed by atoms with Crippen LogP contribution in [0.3, 0.4) is 0 Å². The number of hydrogen-bond acceptors (Lipinski definition) is 5. The maximum Gasteiger partial charge on any atom is 0.261 e. The highest BCUT2D eigenvalue weighted by Gasteiger charge is 2.35. The Hall–Kier alpha value is -2.84. The smallest absolute Gasteiger partial charge is 0.261 e. The number of imide groups is 1. The quantitative estimate of drug-likeness (QED) is 0.505. The fourth-order valence-corrected chi connectivity index (χ4v) is 4.29. The van der Waals surface area contributed by atoms with Gasteiger partial charge in [0.2, 0.25) is 5.91 Å². The molecule has 0 atom stereocenters. The fraction of sp³-hybridized carbons (Fsp3) is 0.182. The Bertz CT molecular complexity index is 1140. The molecule has 1 aliphatic rings. The van der Waals surface area contributed by atoms with Crippen LogP contribution in [-0.2, 0) is 4.79 Å². The standard InChI is InChI=1S/C22H18BrN3O3S/c1-13-24-19(12-30-13)14-4-7-16(8-5-14)25-20(27)3-2-10-26-21(28)17-9-6-15(23)11-18(17)22(26)29/h4-9,11-12H,2-3,10H2,1H3,(H,25,27). The second kappa shape index (κ2) is 8.49. The van der Waals surface area contributed by atoms with Crippen LogP contribution in [0.25, 0.3) is 11.3 Å². The van der Waals surface area contributed by atoms with Crippen LogP contribution in [0.1, 0.15) is 38.6 Å². The highest BCUT2D eigenvalue weighted by Crippen LogP contribution is 2.26. The predicted octanol–water partition coefficient (Wildman–Crippen LogP) is 4.90. The number of thiazole rings is 1. The highest BCUT2D eigenvalue weighted by atomic mass is 79.9. The van der Waals surface area contributed by atoms with Gasteiger partial charge >= 0.3 is 0 Å². The second-order valence-corrected chi connectivity index (χ2v) is 8.91. The zero-order valence-corrected chi connectivity index (χ0v) is 18.5. The Morgan fingerprint density at radius 2 is 1.83 bits per heavy atom. The van der Waals surface area contributed by atoms with Gasteiger partial charge in [-0.3, -0.25) is 19.3 Å². The lowest BCUT2D eigenvalue weighted by Gasteiger charge is -2.13. The molecular weight excluding hydrogens is 466 g/mol. The topological polar surface area (TPSA) is 79.4 Å². The van der Waals surface area contributed by atoms with Crippen molar-refractivity contribution in [2.75, 3.05) is 11.9 Å². The molecule has 3 aromatic rings. The van der Waals surface area contributed by atoms with Gasteiger partial charge in [0.15, 0.2) is 0 Å². The number of nitrogens with zero attached hydrogens (tertiary/aromatic N) is 2. The van der Waals surface area contributed by atoms with E-state index in [1.807, 2.05) is 36.6 Å². The normalized spacial score (nSPS) is 12.9. The van der Waals surface area contributed by atoms with E-state index in [1.165, 1.54) is 4.90 Å². The molecule has 0 radical (unpaired) electrons. The summed E-state index contributed by atoms with van der Waals surface area (Å²) in [5.41, 5.74) is 3.41. The zero-order chi connectivity index (χ0) is 21.3. The number of benzene rings is 2. The molecule has 1 aromatic heterocycles. The first-order chi connectivity index (χ1) is 14.4. The Morgan fingerprint density at radius 3 is 2.53 bits per heavy atom. The van der Waals surface area contributed by atoms with E-state index in [4.69, 9.17) is 0 Å². The number of amides is 3. The van der Waals surface area contributed by atoms with Gasteiger partial charge in [-0.15, -0.1) is 11.3 Å². The van der Waals surface area contributed by atoms with Gasteiger partial charge in [0.05, 0.1) is 21.8 Å². The molecule has 0 fully saturated rings. The summed E-state index contributed by atoms with van der Waals surface area (Å²) in [6, 6.07) is 12.5. The van der Waals surface area contributed by atoms with Gasteiger partial charge in [0, 0.05) is 34.1 Å². The SMILES string of the molecule is Cc1nc(-c2ccc(NC(=O)CCCN3C(=O)c4ccc(Br)cc4C3=O)cc2)cs1. The molecule has 6 nitrogen and oxygen atoms in total. The van der Waals surface area contributed by atoms with Gasteiger partial charge in [-0.1, -0.05) is 28.1 Å². The molecule has 152 valence electrons. The van der Waals surface area contributed by atoms with Crippen LogP contribution in [0.15, 0.2) is 52.3 Å². The molecule has 0 saturated carbocycles. The van der Waals surface area contributed by atoms with Crippen molar-refractivity contribution in [2.45, 2.75) is 19.8 Å². The van der Waals surface area contributed by atoms with Crippen molar-refractivity contribution in [3.63, 3.8) is 0 Å². The van der Waals surface area contributed by atoms with Crippen molar-refractivity contribution in [2.24, 2.45) is 0 Å². The largest absolute Gasteiger partial charge is 0.326 e. The molecule has 30 heavy (non-hydrogen) atoms. The van der Waals surface area contributed by atoms with Crippen LogP contribution in [0.4, 0.5) is 5.69 Å². The minimum Gasteiger partial charge on any atom is -0.326 e. The van der Waals surface area contributed by atoms with Crippen molar-refractivity contribution in [1.82, 2.24) is 9.88 Å². The number of fused-ring (bicyclic) bond motifs is 1. The monoisotopic (exact) mass is 483 g/mol. The van der Waals surface area contributed by atoms with E-state index in [-0.39, 0.29) is 30.7 Å². The van der Waals surface area contributed by atoms with E-state index >= 15 is 0 Å². The minimum absolute atomic E-state index is 0.161. The average molecular weight is 484 g/mol. The Morgan fingerprint density at radius 1 is 1.10 bits per heavy atom. The Balaban J connectivity index is 1.29. The summed E-state index contributed by atoms with van der Waals surface area (Å²) in [6.45, 7) is 2.17. The lowest BCUT2D eigenvalue weighted by atomic mass is 10.1. The van der Waals surface area contributed by atoms with Crippen molar-refractivity contribution < 1.29 is 14.4 Å². The Labute approximate surface area is 186 Å². The molecule has 4 rings (SSSR count). The maximum absolute atomic E-state index is 12.5. The van der Waals surface area contributed by atoms with Crippen molar-refractivity contribution in [3.05, 3.63) is 68.5 Å². The third kappa shape index (κ3) is 4.20. The van der Waals surface area contributed by atoms with Gasteiger partial charge in [0.25, 0.3) is 11.8 Å². The predicted molar refractivity (Wildman–Crippen MR) is 120 cm³/mol. The summed E-state index contributed by atoms with van der Waals surface area (Å²) in [7, 11) is 0. The van der Waals surface area contributed by atoms with Crippen LogP contribution in [0.5, 0.6) is 0 Å². The number of halogens is 1. The molecule has 0 aliphatic carbocycles. The lowest BCUT2D eigenvalue weighted by molar-refractivity contribution is -0.116. The van der Waals surface area contributed by atoms with E-state index in [9.17, 15) is 14.4 Å². The van der Waals surface area contributed by atoms with Crippen LogP contribution in [-0.4, -0.2) is 34.2 Å². The number of hydrogen-bond donors (Lipinski definition) is 1. The third-order valence-corrected chi connectivity index (χ3v) is 6.07. The summed E-state index contributed by atoms with van der Waals surface area (Å²) < 4.78 is 0.750. The molecule has 2 heterocycles. The Kier molecular flexibility index (Phi) is 5.78. The summed E-state index contributed by atoms with van der Waals surface area (Å²) in [5.74, 6) is -0.785. The summed E-state index contributed by atoms with van der Waals surface area (Å²) >= 11 is 4.91. The fourth-order valence-electron chi connectivity index (χ4n) is 3.31. The van der Waals surface area contributed by atoms with E-state index in [1.54, 1.807) is 29.5 Å². The molecule has 1 aliphatic heterocycles. The molecule has 1 N–H and O–H groups in total. The first kappa shape index (κ1) is 20.4. The zero-order valence-electron chi connectivity index (χ0n) is 16.1. The number of aromatic nitrogens is 1. The van der Waals surface area contributed by atoms with Crippen molar-refractivity contribution in [3.8, 4) is 11.3 Å². The number of aryl methyl sites for hydroxylation is 1. The molecule has 0 bridgehead atoms. The first-order valence-corrected chi connectivity index (χ1v) is 11.1. The summed E-state index contributed by atoms with van der Waals surface area (Å²) in [6.07, 6.45) is 0.610. The molecule has 2 aromatic carbocycles. The second-order valence-electron chi connectivity index (χ2n) is 6.93. The van der Waals surface area contributed by atoms with Crippen LogP contribution in [0.2, 0.25) is 0 Å². The number of carbonyl (C=O) groups excluding carboxylic acids is 3. The summed E-state index contributed by atoms with van der Waals surface area (Å²) in [4.78, 5) is 42.8. The van der Waals surface area contributed by atoms with Gasteiger partial charge in [-0.05, 0) is 43.7 Å². The van der Waals surface area contributed by atoms with E-state index < -0.39 is 0 Å². The molecule has 0 saturated heterocycles. The number of carbonyl (C=O) groups is 3. The van der Waals surface area contributed by atoms with Gasteiger partial charge in [-0.2, -0.15) is 0 Å². The lowest BCUT2D eigenvalue weighted by Crippen LogP contribution is -2.31. The number of rotatable bonds is 6. The highest BCUT2D eigenvalue weighted by molar-refractivity contribution is 9.10. The molecule has 0 spiro atoms. The van der Waals surface area contributed by atoms with Crippen LogP contribution in [0, 0.1) is 6.92 Å². The maximum atomic E-state index is 12.5. The van der Waals surface area contributed by atoms with Crippen LogP contribution < -0.4 is 5.32 Å².